The fourth-order valence-electron chi connectivity index (χ4n) is 2.22. The third kappa shape index (κ3) is 3.39. The minimum atomic E-state index is -0.356. The monoisotopic (exact) mass is 276 g/mol. The summed E-state index contributed by atoms with van der Waals surface area (Å²) < 4.78 is 26.6. The zero-order chi connectivity index (χ0) is 14.5. The van der Waals surface area contributed by atoms with E-state index in [1.54, 1.807) is 18.2 Å². The van der Waals surface area contributed by atoms with Crippen LogP contribution in [-0.4, -0.2) is 4.98 Å². The molecule has 0 spiro atoms. The summed E-state index contributed by atoms with van der Waals surface area (Å²) in [6, 6.07) is 9.56. The number of nitrogens with one attached hydrogen (secondary N) is 1. The molecule has 0 bridgehead atoms. The van der Waals surface area contributed by atoms with Crippen LogP contribution in [0.3, 0.4) is 0 Å². The molecule has 2 unspecified atom stereocenters. The fraction of sp³-hybridized carbons (Fsp3) is 0.312. The SMILES string of the molecule is CCC(NC(C)c1ccccc1F)c1ccc(F)cn1. The van der Waals surface area contributed by atoms with Gasteiger partial charge in [-0.3, -0.25) is 4.98 Å². The molecule has 0 aliphatic heterocycles. The Kier molecular flexibility index (Phi) is 4.79. The number of hydrogen-bond acceptors (Lipinski definition) is 2. The van der Waals surface area contributed by atoms with Crippen LogP contribution in [-0.2, 0) is 0 Å². The van der Waals surface area contributed by atoms with Gasteiger partial charge in [0, 0.05) is 17.6 Å². The molecule has 2 nitrogen and oxygen atoms in total. The minimum absolute atomic E-state index is 0.0368. The van der Waals surface area contributed by atoms with E-state index in [0.717, 1.165) is 12.1 Å². The van der Waals surface area contributed by atoms with E-state index in [0.29, 0.717) is 5.56 Å². The van der Waals surface area contributed by atoms with Gasteiger partial charge in [-0.25, -0.2) is 8.78 Å². The third-order valence-corrected chi connectivity index (χ3v) is 3.34. The molecule has 0 aliphatic carbocycles. The maximum Gasteiger partial charge on any atom is 0.141 e. The van der Waals surface area contributed by atoms with Crippen molar-refractivity contribution in [3.63, 3.8) is 0 Å². The second kappa shape index (κ2) is 6.57. The summed E-state index contributed by atoms with van der Waals surface area (Å²) in [4.78, 5) is 4.09. The first kappa shape index (κ1) is 14.6. The number of benzene rings is 1. The molecule has 1 N–H and O–H groups in total. The first-order chi connectivity index (χ1) is 9.61. The number of pyridine rings is 1. The Morgan fingerprint density at radius 1 is 1.15 bits per heavy atom. The van der Waals surface area contributed by atoms with Crippen LogP contribution in [0, 0.1) is 11.6 Å². The maximum atomic E-state index is 13.7. The molecule has 1 aromatic heterocycles. The van der Waals surface area contributed by atoms with Crippen molar-refractivity contribution in [1.29, 1.82) is 0 Å². The van der Waals surface area contributed by atoms with Crippen molar-refractivity contribution >= 4 is 0 Å². The Bertz CT molecular complexity index is 555. The van der Waals surface area contributed by atoms with E-state index < -0.39 is 0 Å². The van der Waals surface area contributed by atoms with Gasteiger partial charge in [0.2, 0.25) is 0 Å². The first-order valence-electron chi connectivity index (χ1n) is 6.73. The smallest absolute Gasteiger partial charge is 0.141 e. The van der Waals surface area contributed by atoms with Gasteiger partial charge in [-0.05, 0) is 31.5 Å². The first-order valence-corrected chi connectivity index (χ1v) is 6.73. The normalized spacial score (nSPS) is 14.0. The minimum Gasteiger partial charge on any atom is -0.302 e. The standard InChI is InChI=1S/C16H18F2N2/c1-3-15(16-9-8-12(17)10-19-16)20-11(2)13-6-4-5-7-14(13)18/h4-11,15,20H,3H2,1-2H3. The maximum absolute atomic E-state index is 13.7. The molecule has 1 heterocycles. The van der Waals surface area contributed by atoms with Gasteiger partial charge in [0.15, 0.2) is 0 Å². The van der Waals surface area contributed by atoms with E-state index in [9.17, 15) is 8.78 Å². The molecule has 0 aliphatic rings. The van der Waals surface area contributed by atoms with Crippen LogP contribution < -0.4 is 5.32 Å². The summed E-state index contributed by atoms with van der Waals surface area (Å²) in [5, 5.41) is 3.33. The van der Waals surface area contributed by atoms with Crippen molar-refractivity contribution in [3.05, 3.63) is 65.5 Å². The summed E-state index contributed by atoms with van der Waals surface area (Å²) in [6.07, 6.45) is 1.99. The topological polar surface area (TPSA) is 24.9 Å². The predicted octanol–water partition coefficient (Wildman–Crippen LogP) is 4.16. The number of rotatable bonds is 5. The van der Waals surface area contributed by atoms with E-state index in [1.807, 2.05) is 19.9 Å². The summed E-state index contributed by atoms with van der Waals surface area (Å²) in [6.45, 7) is 3.92. The van der Waals surface area contributed by atoms with Gasteiger partial charge >= 0.3 is 0 Å². The molecular formula is C16H18F2N2. The lowest BCUT2D eigenvalue weighted by atomic mass is 10.0. The van der Waals surface area contributed by atoms with Gasteiger partial charge in [0.1, 0.15) is 11.6 Å². The molecule has 0 radical (unpaired) electrons. The van der Waals surface area contributed by atoms with Crippen LogP contribution in [0.1, 0.15) is 43.6 Å². The Balaban J connectivity index is 2.14. The van der Waals surface area contributed by atoms with E-state index in [2.05, 4.69) is 10.3 Å². The molecule has 2 aromatic rings. The van der Waals surface area contributed by atoms with Gasteiger partial charge in [-0.15, -0.1) is 0 Å². The number of hydrogen-bond donors (Lipinski definition) is 1. The Hall–Kier alpha value is -1.81. The average molecular weight is 276 g/mol. The third-order valence-electron chi connectivity index (χ3n) is 3.34. The quantitative estimate of drug-likeness (QED) is 0.887. The van der Waals surface area contributed by atoms with Crippen molar-refractivity contribution in [3.8, 4) is 0 Å². The van der Waals surface area contributed by atoms with Crippen LogP contribution in [0.15, 0.2) is 42.6 Å². The van der Waals surface area contributed by atoms with Gasteiger partial charge in [0.25, 0.3) is 0 Å². The van der Waals surface area contributed by atoms with Gasteiger partial charge in [-0.2, -0.15) is 0 Å². The van der Waals surface area contributed by atoms with E-state index in [1.165, 1.54) is 18.3 Å². The van der Waals surface area contributed by atoms with E-state index in [4.69, 9.17) is 0 Å². The Labute approximate surface area is 117 Å². The van der Waals surface area contributed by atoms with Crippen molar-refractivity contribution in [1.82, 2.24) is 10.3 Å². The zero-order valence-corrected chi connectivity index (χ0v) is 11.6. The van der Waals surface area contributed by atoms with Crippen molar-refractivity contribution in [2.75, 3.05) is 0 Å². The second-order valence-corrected chi connectivity index (χ2v) is 4.77. The molecule has 0 fully saturated rings. The molecule has 4 heteroatoms. The molecule has 2 atom stereocenters. The molecule has 0 saturated heterocycles. The number of aromatic nitrogens is 1. The van der Waals surface area contributed by atoms with Crippen LogP contribution in [0.2, 0.25) is 0 Å². The molecule has 20 heavy (non-hydrogen) atoms. The highest BCUT2D eigenvalue weighted by Crippen LogP contribution is 2.22. The predicted molar refractivity (Wildman–Crippen MR) is 75.2 cm³/mol. The number of nitrogens with zero attached hydrogens (tertiary/aromatic N) is 1. The van der Waals surface area contributed by atoms with E-state index >= 15 is 0 Å². The van der Waals surface area contributed by atoms with Crippen molar-refractivity contribution in [2.45, 2.75) is 32.4 Å². The number of halogens is 2. The van der Waals surface area contributed by atoms with Crippen LogP contribution in [0.4, 0.5) is 8.78 Å². The summed E-state index contributed by atoms with van der Waals surface area (Å²) >= 11 is 0. The van der Waals surface area contributed by atoms with Crippen LogP contribution >= 0.6 is 0 Å². The molecule has 0 saturated carbocycles. The Morgan fingerprint density at radius 2 is 1.90 bits per heavy atom. The average Bonchev–Trinajstić information content (AvgIpc) is 2.46. The molecule has 1 aromatic carbocycles. The van der Waals surface area contributed by atoms with Crippen LogP contribution in [0.25, 0.3) is 0 Å². The summed E-state index contributed by atoms with van der Waals surface area (Å²) in [7, 11) is 0. The van der Waals surface area contributed by atoms with Gasteiger partial charge < -0.3 is 5.32 Å². The largest absolute Gasteiger partial charge is 0.302 e. The van der Waals surface area contributed by atoms with Crippen LogP contribution in [0.5, 0.6) is 0 Å². The van der Waals surface area contributed by atoms with Gasteiger partial charge in [0.05, 0.1) is 11.9 Å². The summed E-state index contributed by atoms with van der Waals surface area (Å²) in [5.74, 6) is -0.583. The molecular weight excluding hydrogens is 258 g/mol. The lowest BCUT2D eigenvalue weighted by molar-refractivity contribution is 0.434. The fourth-order valence-corrected chi connectivity index (χ4v) is 2.22. The zero-order valence-electron chi connectivity index (χ0n) is 11.6. The Morgan fingerprint density at radius 3 is 2.50 bits per heavy atom. The highest BCUT2D eigenvalue weighted by Gasteiger charge is 2.17. The molecule has 106 valence electrons. The van der Waals surface area contributed by atoms with Crippen molar-refractivity contribution in [2.24, 2.45) is 0 Å². The van der Waals surface area contributed by atoms with Gasteiger partial charge in [-0.1, -0.05) is 25.1 Å². The lowest BCUT2D eigenvalue weighted by Gasteiger charge is -2.22. The molecule has 2 rings (SSSR count). The van der Waals surface area contributed by atoms with Crippen molar-refractivity contribution < 1.29 is 8.78 Å². The highest BCUT2D eigenvalue weighted by molar-refractivity contribution is 5.21. The lowest BCUT2D eigenvalue weighted by Crippen LogP contribution is -2.25. The molecule has 0 amide bonds. The second-order valence-electron chi connectivity index (χ2n) is 4.77. The van der Waals surface area contributed by atoms with E-state index in [-0.39, 0.29) is 23.7 Å². The summed E-state index contributed by atoms with van der Waals surface area (Å²) in [5.41, 5.74) is 1.38. The highest BCUT2D eigenvalue weighted by atomic mass is 19.1.